The maximum Gasteiger partial charge on any atom is 0.262 e. The van der Waals surface area contributed by atoms with Gasteiger partial charge in [-0.3, -0.25) is 4.79 Å². The molecule has 5 nitrogen and oxygen atoms in total. The monoisotopic (exact) mass is 409 g/mol. The first kappa shape index (κ1) is 19.2. The Labute approximate surface area is 174 Å². The first-order valence-corrected chi connectivity index (χ1v) is 9.74. The van der Waals surface area contributed by atoms with E-state index in [-0.39, 0.29) is 12.5 Å². The Hall–Kier alpha value is -3.18. The van der Waals surface area contributed by atoms with E-state index in [1.807, 2.05) is 54.6 Å². The fourth-order valence-electron chi connectivity index (χ4n) is 2.99. The second-order valence-electron chi connectivity index (χ2n) is 6.56. The number of anilines is 1. The summed E-state index contributed by atoms with van der Waals surface area (Å²) in [5.41, 5.74) is 2.67. The highest BCUT2D eigenvalue weighted by Gasteiger charge is 2.16. The number of amides is 1. The van der Waals surface area contributed by atoms with Gasteiger partial charge in [0, 0.05) is 18.6 Å². The summed E-state index contributed by atoms with van der Waals surface area (Å²) in [7, 11) is 0. The van der Waals surface area contributed by atoms with E-state index in [9.17, 15) is 4.79 Å². The van der Waals surface area contributed by atoms with E-state index < -0.39 is 0 Å². The lowest BCUT2D eigenvalue weighted by Crippen LogP contribution is -2.20. The average Bonchev–Trinajstić information content (AvgIpc) is 2.98. The third kappa shape index (κ3) is 4.81. The van der Waals surface area contributed by atoms with Crippen LogP contribution in [0.3, 0.4) is 0 Å². The Morgan fingerprint density at radius 1 is 0.931 bits per heavy atom. The molecule has 1 amide bonds. The number of hydrogen-bond acceptors (Lipinski definition) is 4. The van der Waals surface area contributed by atoms with Crippen molar-refractivity contribution in [1.29, 1.82) is 0 Å². The van der Waals surface area contributed by atoms with Gasteiger partial charge < -0.3 is 19.5 Å². The molecular formula is C23H20ClNO4. The minimum Gasteiger partial charge on any atom is -0.490 e. The molecule has 0 spiro atoms. The van der Waals surface area contributed by atoms with Gasteiger partial charge in [0.2, 0.25) is 0 Å². The normalized spacial score (nSPS) is 12.7. The van der Waals surface area contributed by atoms with E-state index in [0.717, 1.165) is 17.5 Å². The van der Waals surface area contributed by atoms with Crippen LogP contribution in [0.25, 0.3) is 11.1 Å². The summed E-state index contributed by atoms with van der Waals surface area (Å²) in [5, 5.41) is 3.14. The van der Waals surface area contributed by atoms with Crippen LogP contribution < -0.4 is 19.5 Å². The molecule has 1 heterocycles. The molecule has 0 aromatic heterocycles. The summed E-state index contributed by atoms with van der Waals surface area (Å²) < 4.78 is 16.8. The van der Waals surface area contributed by atoms with Gasteiger partial charge in [-0.05, 0) is 23.3 Å². The highest BCUT2D eigenvalue weighted by atomic mass is 35.5. The highest BCUT2D eigenvalue weighted by molar-refractivity contribution is 6.34. The predicted octanol–water partition coefficient (Wildman–Crippen LogP) is 5.19. The van der Waals surface area contributed by atoms with Crippen molar-refractivity contribution >= 4 is 23.2 Å². The zero-order chi connectivity index (χ0) is 20.1. The predicted molar refractivity (Wildman–Crippen MR) is 113 cm³/mol. The fraction of sp³-hybridized carbons (Fsp3) is 0.174. The summed E-state index contributed by atoms with van der Waals surface area (Å²) >= 11 is 6.26. The molecule has 0 atom stereocenters. The molecule has 1 aliphatic heterocycles. The quantitative estimate of drug-likeness (QED) is 0.630. The van der Waals surface area contributed by atoms with Crippen molar-refractivity contribution in [3.63, 3.8) is 0 Å². The van der Waals surface area contributed by atoms with Crippen molar-refractivity contribution in [2.75, 3.05) is 25.1 Å². The van der Waals surface area contributed by atoms with Crippen LogP contribution in [0.15, 0.2) is 66.7 Å². The van der Waals surface area contributed by atoms with Gasteiger partial charge in [0.1, 0.15) is 5.75 Å². The summed E-state index contributed by atoms with van der Waals surface area (Å²) in [6.07, 6.45) is 0.797. The minimum atomic E-state index is -0.312. The van der Waals surface area contributed by atoms with Crippen molar-refractivity contribution in [2.24, 2.45) is 0 Å². The van der Waals surface area contributed by atoms with Crippen molar-refractivity contribution in [2.45, 2.75) is 6.42 Å². The van der Waals surface area contributed by atoms with Gasteiger partial charge in [0.05, 0.1) is 23.9 Å². The molecule has 1 aliphatic rings. The number of rotatable bonds is 5. The smallest absolute Gasteiger partial charge is 0.262 e. The number of carbonyl (C=O) groups excluding carboxylic acids is 1. The van der Waals surface area contributed by atoms with Crippen LogP contribution >= 0.6 is 11.6 Å². The molecule has 0 saturated heterocycles. The fourth-order valence-corrected chi connectivity index (χ4v) is 3.19. The first-order chi connectivity index (χ1) is 14.2. The first-order valence-electron chi connectivity index (χ1n) is 9.36. The summed E-state index contributed by atoms with van der Waals surface area (Å²) in [6.45, 7) is 1.01. The van der Waals surface area contributed by atoms with Crippen LogP contribution in [-0.2, 0) is 4.79 Å². The zero-order valence-corrected chi connectivity index (χ0v) is 16.4. The van der Waals surface area contributed by atoms with Crippen LogP contribution in [0, 0.1) is 0 Å². The summed E-state index contributed by atoms with van der Waals surface area (Å²) in [5.74, 6) is 1.46. The number of benzene rings is 3. The average molecular weight is 410 g/mol. The molecule has 1 N–H and O–H groups in total. The molecule has 4 rings (SSSR count). The molecule has 3 aromatic carbocycles. The van der Waals surface area contributed by atoms with Gasteiger partial charge >= 0.3 is 0 Å². The van der Waals surface area contributed by atoms with Crippen molar-refractivity contribution < 1.29 is 19.0 Å². The van der Waals surface area contributed by atoms with Crippen LogP contribution in [0.4, 0.5) is 5.69 Å². The van der Waals surface area contributed by atoms with Gasteiger partial charge in [0.15, 0.2) is 18.1 Å². The third-order valence-corrected chi connectivity index (χ3v) is 4.76. The molecule has 3 aromatic rings. The van der Waals surface area contributed by atoms with E-state index >= 15 is 0 Å². The summed E-state index contributed by atoms with van der Waals surface area (Å²) in [4.78, 5) is 12.3. The second-order valence-corrected chi connectivity index (χ2v) is 6.96. The Bertz CT molecular complexity index is 990. The summed E-state index contributed by atoms with van der Waals surface area (Å²) in [6, 6.07) is 21.0. The molecule has 0 radical (unpaired) electrons. The Morgan fingerprint density at radius 3 is 2.31 bits per heavy atom. The molecule has 0 fully saturated rings. The minimum absolute atomic E-state index is 0.130. The van der Waals surface area contributed by atoms with Gasteiger partial charge in [-0.25, -0.2) is 0 Å². The number of halogens is 1. The lowest BCUT2D eigenvalue weighted by molar-refractivity contribution is -0.118. The molecule has 0 saturated carbocycles. The van der Waals surface area contributed by atoms with Crippen LogP contribution in [0.2, 0.25) is 5.02 Å². The molecule has 29 heavy (non-hydrogen) atoms. The van der Waals surface area contributed by atoms with Crippen LogP contribution in [-0.4, -0.2) is 25.7 Å². The van der Waals surface area contributed by atoms with Gasteiger partial charge in [-0.2, -0.15) is 0 Å². The van der Waals surface area contributed by atoms with E-state index in [4.69, 9.17) is 25.8 Å². The lowest BCUT2D eigenvalue weighted by Gasteiger charge is -2.13. The number of hydrogen-bond donors (Lipinski definition) is 1. The largest absolute Gasteiger partial charge is 0.490 e. The molecule has 0 unspecified atom stereocenters. The molecular weight excluding hydrogens is 390 g/mol. The molecule has 0 aliphatic carbocycles. The number of ether oxygens (including phenoxy) is 3. The number of carbonyl (C=O) groups is 1. The second kappa shape index (κ2) is 8.88. The maximum absolute atomic E-state index is 12.3. The van der Waals surface area contributed by atoms with Crippen LogP contribution in [0.5, 0.6) is 17.2 Å². The van der Waals surface area contributed by atoms with Crippen molar-refractivity contribution in [3.8, 4) is 28.4 Å². The van der Waals surface area contributed by atoms with Gasteiger partial charge in [-0.15, -0.1) is 0 Å². The number of fused-ring (bicyclic) bond motifs is 1. The standard InChI is InChI=1S/C23H20ClNO4/c24-19-13-21-22(28-12-4-11-27-21)14-20(19)25-23(26)15-29-18-9-7-17(8-10-18)16-5-2-1-3-6-16/h1-3,5-10,13-14H,4,11-12,15H2,(H,25,26). The number of nitrogens with one attached hydrogen (secondary N) is 1. The Kier molecular flexibility index (Phi) is 5.86. The third-order valence-electron chi connectivity index (χ3n) is 4.44. The van der Waals surface area contributed by atoms with Gasteiger partial charge in [0.25, 0.3) is 5.91 Å². The van der Waals surface area contributed by atoms with E-state index in [1.165, 1.54) is 0 Å². The topological polar surface area (TPSA) is 56.8 Å². The van der Waals surface area contributed by atoms with Crippen LogP contribution in [0.1, 0.15) is 6.42 Å². The SMILES string of the molecule is O=C(COc1ccc(-c2ccccc2)cc1)Nc1cc2c(cc1Cl)OCCCO2. The van der Waals surface area contributed by atoms with Crippen molar-refractivity contribution in [3.05, 3.63) is 71.8 Å². The lowest BCUT2D eigenvalue weighted by atomic mass is 10.1. The molecule has 6 heteroatoms. The highest BCUT2D eigenvalue weighted by Crippen LogP contribution is 2.37. The Balaban J connectivity index is 1.36. The van der Waals surface area contributed by atoms with Crippen molar-refractivity contribution in [1.82, 2.24) is 0 Å². The van der Waals surface area contributed by atoms with E-state index in [2.05, 4.69) is 5.32 Å². The maximum atomic E-state index is 12.3. The van der Waals surface area contributed by atoms with E-state index in [0.29, 0.717) is 41.2 Å². The molecule has 0 bridgehead atoms. The van der Waals surface area contributed by atoms with Gasteiger partial charge in [-0.1, -0.05) is 54.1 Å². The van der Waals surface area contributed by atoms with E-state index in [1.54, 1.807) is 12.1 Å². The zero-order valence-electron chi connectivity index (χ0n) is 15.7. The molecule has 148 valence electrons. The Morgan fingerprint density at radius 2 is 1.59 bits per heavy atom.